The fourth-order valence-electron chi connectivity index (χ4n) is 2.87. The topological polar surface area (TPSA) is 92.5 Å². The maximum Gasteiger partial charge on any atom is 0.248 e. The molecule has 1 aromatic carbocycles. The molecule has 0 aliphatic carbocycles. The van der Waals surface area contributed by atoms with Gasteiger partial charge in [-0.25, -0.2) is 13.1 Å². The maximum absolute atomic E-state index is 12.3. The van der Waals surface area contributed by atoms with Crippen molar-refractivity contribution in [2.75, 3.05) is 19.6 Å². The van der Waals surface area contributed by atoms with Crippen LogP contribution in [0.3, 0.4) is 0 Å². The van der Waals surface area contributed by atoms with E-state index in [1.807, 2.05) is 6.92 Å². The Morgan fingerprint density at radius 1 is 1.39 bits per heavy atom. The first-order valence-electron chi connectivity index (χ1n) is 7.93. The summed E-state index contributed by atoms with van der Waals surface area (Å²) >= 11 is 0. The number of carbonyl (C=O) groups is 1. The summed E-state index contributed by atoms with van der Waals surface area (Å²) < 4.78 is 27.3. The van der Waals surface area contributed by atoms with Gasteiger partial charge in [0.25, 0.3) is 0 Å². The van der Waals surface area contributed by atoms with Crippen LogP contribution in [0.15, 0.2) is 29.2 Å². The van der Waals surface area contributed by atoms with Crippen LogP contribution in [0.5, 0.6) is 0 Å². The third kappa shape index (κ3) is 4.76. The monoisotopic (exact) mass is 339 g/mol. The van der Waals surface area contributed by atoms with Gasteiger partial charge in [-0.3, -0.25) is 9.69 Å². The normalized spacial score (nSPS) is 21.0. The summed E-state index contributed by atoms with van der Waals surface area (Å²) in [5.41, 5.74) is 5.45. The van der Waals surface area contributed by atoms with Gasteiger partial charge in [-0.15, -0.1) is 0 Å². The van der Waals surface area contributed by atoms with Crippen molar-refractivity contribution in [1.29, 1.82) is 0 Å². The van der Waals surface area contributed by atoms with Crippen LogP contribution in [0.4, 0.5) is 0 Å². The Hall–Kier alpha value is -1.44. The highest BCUT2D eigenvalue weighted by molar-refractivity contribution is 7.89. The smallest absolute Gasteiger partial charge is 0.248 e. The van der Waals surface area contributed by atoms with E-state index in [1.165, 1.54) is 30.7 Å². The number of sulfonamides is 1. The molecule has 1 heterocycles. The van der Waals surface area contributed by atoms with E-state index < -0.39 is 15.9 Å². The molecule has 0 unspecified atom stereocenters. The lowest BCUT2D eigenvalue weighted by Crippen LogP contribution is -2.46. The largest absolute Gasteiger partial charge is 0.366 e. The minimum absolute atomic E-state index is 0.140. The number of carbonyl (C=O) groups excluding carboxylic acids is 1. The Morgan fingerprint density at radius 2 is 2.04 bits per heavy atom. The number of primary amides is 1. The standard InChI is InChI=1S/C16H25N3O3S/c1-12-4-3-9-19(11-12)13(2)10-18-23(21,22)15-7-5-14(6-8-15)16(17)20/h5-8,12-13,18H,3-4,9-11H2,1-2H3,(H2,17,20)/t12-,13-/m0/s1. The zero-order chi connectivity index (χ0) is 17.0. The molecule has 0 bridgehead atoms. The fourth-order valence-corrected chi connectivity index (χ4v) is 3.99. The number of hydrogen-bond donors (Lipinski definition) is 2. The van der Waals surface area contributed by atoms with Gasteiger partial charge in [-0.2, -0.15) is 0 Å². The maximum atomic E-state index is 12.3. The first-order chi connectivity index (χ1) is 10.8. The molecule has 1 fully saturated rings. The number of hydrogen-bond acceptors (Lipinski definition) is 4. The average Bonchev–Trinajstić information content (AvgIpc) is 2.52. The van der Waals surface area contributed by atoms with Crippen LogP contribution >= 0.6 is 0 Å². The van der Waals surface area contributed by atoms with E-state index in [2.05, 4.69) is 16.5 Å². The average molecular weight is 339 g/mol. The first kappa shape index (κ1) is 17.9. The molecule has 2 rings (SSSR count). The lowest BCUT2D eigenvalue weighted by molar-refractivity contribution is 0.1000. The van der Waals surface area contributed by atoms with E-state index in [-0.39, 0.29) is 10.9 Å². The van der Waals surface area contributed by atoms with Crippen molar-refractivity contribution in [2.45, 2.75) is 37.6 Å². The molecule has 1 amide bonds. The molecular weight excluding hydrogens is 314 g/mol. The minimum atomic E-state index is -3.58. The van der Waals surface area contributed by atoms with Crippen molar-refractivity contribution in [3.63, 3.8) is 0 Å². The molecule has 128 valence electrons. The van der Waals surface area contributed by atoms with Crippen molar-refractivity contribution < 1.29 is 13.2 Å². The van der Waals surface area contributed by atoms with Crippen LogP contribution in [0.2, 0.25) is 0 Å². The van der Waals surface area contributed by atoms with Crippen LogP contribution in [0, 0.1) is 5.92 Å². The SMILES string of the molecule is C[C@H]1CCCN([C@@H](C)CNS(=O)(=O)c2ccc(C(N)=O)cc2)C1. The zero-order valence-electron chi connectivity index (χ0n) is 13.7. The summed E-state index contributed by atoms with van der Waals surface area (Å²) in [5, 5.41) is 0. The summed E-state index contributed by atoms with van der Waals surface area (Å²) in [6, 6.07) is 5.79. The summed E-state index contributed by atoms with van der Waals surface area (Å²) in [5.74, 6) is 0.0823. The number of amides is 1. The third-order valence-corrected chi connectivity index (χ3v) is 5.77. The number of nitrogens with two attached hydrogens (primary N) is 1. The van der Waals surface area contributed by atoms with Gasteiger partial charge in [-0.1, -0.05) is 6.92 Å². The number of nitrogens with zero attached hydrogens (tertiary/aromatic N) is 1. The molecule has 0 saturated carbocycles. The molecule has 0 radical (unpaired) electrons. The Balaban J connectivity index is 1.96. The van der Waals surface area contributed by atoms with Gasteiger partial charge < -0.3 is 5.73 Å². The molecule has 0 aromatic heterocycles. The molecule has 1 aliphatic heterocycles. The summed E-state index contributed by atoms with van der Waals surface area (Å²) in [7, 11) is -3.58. The quantitative estimate of drug-likeness (QED) is 0.814. The van der Waals surface area contributed by atoms with Gasteiger partial charge >= 0.3 is 0 Å². The lowest BCUT2D eigenvalue weighted by Gasteiger charge is -2.35. The highest BCUT2D eigenvalue weighted by atomic mass is 32.2. The molecule has 0 spiro atoms. The number of nitrogens with one attached hydrogen (secondary N) is 1. The van der Waals surface area contributed by atoms with E-state index in [0.717, 1.165) is 19.5 Å². The van der Waals surface area contributed by atoms with Crippen molar-refractivity contribution in [2.24, 2.45) is 11.7 Å². The Labute approximate surface area is 138 Å². The molecular formula is C16H25N3O3S. The predicted molar refractivity (Wildman–Crippen MR) is 89.6 cm³/mol. The summed E-state index contributed by atoms with van der Waals surface area (Å²) in [6.45, 7) is 6.66. The Bertz CT molecular complexity index is 643. The van der Waals surface area contributed by atoms with E-state index in [4.69, 9.17) is 5.73 Å². The summed E-state index contributed by atoms with van der Waals surface area (Å²) in [4.78, 5) is 13.5. The zero-order valence-corrected chi connectivity index (χ0v) is 14.5. The van der Waals surface area contributed by atoms with Crippen molar-refractivity contribution in [3.05, 3.63) is 29.8 Å². The van der Waals surface area contributed by atoms with Crippen LogP contribution in [-0.2, 0) is 10.0 Å². The molecule has 1 aliphatic rings. The van der Waals surface area contributed by atoms with Gasteiger partial charge in [0.15, 0.2) is 0 Å². The second-order valence-electron chi connectivity index (χ2n) is 6.33. The Kier molecular flexibility index (Phi) is 5.78. The van der Waals surface area contributed by atoms with Crippen molar-refractivity contribution in [1.82, 2.24) is 9.62 Å². The molecule has 2 atom stereocenters. The van der Waals surface area contributed by atoms with E-state index in [0.29, 0.717) is 18.0 Å². The third-order valence-electron chi connectivity index (χ3n) is 4.33. The molecule has 1 saturated heterocycles. The Morgan fingerprint density at radius 3 is 2.61 bits per heavy atom. The van der Waals surface area contributed by atoms with Gasteiger partial charge in [-0.05, 0) is 56.5 Å². The second-order valence-corrected chi connectivity index (χ2v) is 8.10. The van der Waals surface area contributed by atoms with Crippen LogP contribution < -0.4 is 10.5 Å². The molecule has 6 nitrogen and oxygen atoms in total. The van der Waals surface area contributed by atoms with Crippen LogP contribution in [0.25, 0.3) is 0 Å². The van der Waals surface area contributed by atoms with Crippen LogP contribution in [0.1, 0.15) is 37.0 Å². The van der Waals surface area contributed by atoms with Crippen LogP contribution in [-0.4, -0.2) is 44.9 Å². The minimum Gasteiger partial charge on any atom is -0.366 e. The van der Waals surface area contributed by atoms with Crippen molar-refractivity contribution in [3.8, 4) is 0 Å². The fraction of sp³-hybridized carbons (Fsp3) is 0.562. The van der Waals surface area contributed by atoms with Gasteiger partial charge in [0.05, 0.1) is 4.90 Å². The summed E-state index contributed by atoms with van der Waals surface area (Å²) in [6.07, 6.45) is 2.40. The highest BCUT2D eigenvalue weighted by Crippen LogP contribution is 2.18. The molecule has 23 heavy (non-hydrogen) atoms. The van der Waals surface area contributed by atoms with Gasteiger partial charge in [0.2, 0.25) is 15.9 Å². The van der Waals surface area contributed by atoms with Crippen molar-refractivity contribution >= 4 is 15.9 Å². The number of likely N-dealkylation sites (tertiary alicyclic amines) is 1. The highest BCUT2D eigenvalue weighted by Gasteiger charge is 2.22. The molecule has 1 aromatic rings. The molecule has 7 heteroatoms. The predicted octanol–water partition coefficient (Wildman–Crippen LogP) is 1.18. The number of piperidine rings is 1. The lowest BCUT2D eigenvalue weighted by atomic mass is 9.99. The van der Waals surface area contributed by atoms with E-state index >= 15 is 0 Å². The van der Waals surface area contributed by atoms with Gasteiger partial charge in [0.1, 0.15) is 0 Å². The van der Waals surface area contributed by atoms with Gasteiger partial charge in [0, 0.05) is 24.7 Å². The molecule has 3 N–H and O–H groups in total. The van der Waals surface area contributed by atoms with E-state index in [9.17, 15) is 13.2 Å². The number of rotatable bonds is 6. The first-order valence-corrected chi connectivity index (χ1v) is 9.41. The number of benzene rings is 1. The second kappa shape index (κ2) is 7.42. The van der Waals surface area contributed by atoms with E-state index in [1.54, 1.807) is 0 Å².